The summed E-state index contributed by atoms with van der Waals surface area (Å²) < 4.78 is 5.38. The van der Waals surface area contributed by atoms with Gasteiger partial charge >= 0.3 is 0 Å². The molecule has 0 saturated carbocycles. The van der Waals surface area contributed by atoms with Crippen LogP contribution in [0.4, 0.5) is 0 Å². The topological polar surface area (TPSA) is 39.2 Å². The fourth-order valence-electron chi connectivity index (χ4n) is 1.17. The Kier molecular flexibility index (Phi) is 4.74. The number of hydrogen-bond donors (Lipinski definition) is 1. The fraction of sp³-hybridized carbons (Fsp3) is 0.667. The highest BCUT2D eigenvalue weighted by Gasteiger charge is 2.14. The molecule has 86 valence electrons. The van der Waals surface area contributed by atoms with Crippen LogP contribution in [0.2, 0.25) is 0 Å². The van der Waals surface area contributed by atoms with E-state index in [1.807, 2.05) is 17.8 Å². The minimum absolute atomic E-state index is 0.269. The molecule has 1 heterocycles. The summed E-state index contributed by atoms with van der Waals surface area (Å²) in [6.07, 6.45) is 2.92. The van der Waals surface area contributed by atoms with E-state index in [1.54, 1.807) is 6.26 Å². The first-order valence-corrected chi connectivity index (χ1v) is 6.51. The van der Waals surface area contributed by atoms with Gasteiger partial charge in [0.1, 0.15) is 5.76 Å². The maximum absolute atomic E-state index is 5.68. The summed E-state index contributed by atoms with van der Waals surface area (Å²) in [5, 5.41) is 0. The van der Waals surface area contributed by atoms with E-state index >= 15 is 0 Å². The largest absolute Gasteiger partial charge is 0.468 e. The Morgan fingerprint density at radius 1 is 1.47 bits per heavy atom. The van der Waals surface area contributed by atoms with Crippen LogP contribution in [0.3, 0.4) is 0 Å². The first-order chi connectivity index (χ1) is 7.05. The molecule has 0 aliphatic heterocycles. The Morgan fingerprint density at radius 2 is 2.20 bits per heavy atom. The van der Waals surface area contributed by atoms with E-state index in [9.17, 15) is 0 Å². The minimum atomic E-state index is 0.269. The molecular formula is C12H21NOS. The van der Waals surface area contributed by atoms with Gasteiger partial charge in [-0.3, -0.25) is 0 Å². The third-order valence-electron chi connectivity index (χ3n) is 2.68. The molecule has 1 aromatic heterocycles. The lowest BCUT2D eigenvalue weighted by atomic mass is 9.91. The highest BCUT2D eigenvalue weighted by molar-refractivity contribution is 7.98. The molecule has 0 aliphatic carbocycles. The predicted octanol–water partition coefficient (Wildman–Crippen LogP) is 3.20. The Balaban J connectivity index is 2.20. The molecule has 0 spiro atoms. The summed E-state index contributed by atoms with van der Waals surface area (Å²) >= 11 is 1.92. The van der Waals surface area contributed by atoms with Crippen molar-refractivity contribution in [2.24, 2.45) is 11.1 Å². The van der Waals surface area contributed by atoms with Crippen molar-refractivity contribution in [3.8, 4) is 0 Å². The Labute approximate surface area is 96.6 Å². The Bertz CT molecular complexity index is 294. The van der Waals surface area contributed by atoms with Crippen LogP contribution in [0.15, 0.2) is 16.7 Å². The van der Waals surface area contributed by atoms with Crippen LogP contribution in [-0.4, -0.2) is 12.3 Å². The first-order valence-electron chi connectivity index (χ1n) is 5.36. The summed E-state index contributed by atoms with van der Waals surface area (Å²) in [5.41, 5.74) is 7.20. The average molecular weight is 227 g/mol. The molecule has 2 nitrogen and oxygen atoms in total. The summed E-state index contributed by atoms with van der Waals surface area (Å²) in [6, 6.07) is 2.01. The molecule has 0 aliphatic rings. The van der Waals surface area contributed by atoms with Crippen LogP contribution >= 0.6 is 11.8 Å². The third kappa shape index (κ3) is 4.31. The van der Waals surface area contributed by atoms with Gasteiger partial charge in [-0.05, 0) is 42.7 Å². The zero-order valence-corrected chi connectivity index (χ0v) is 10.7. The molecule has 0 amide bonds. The number of aryl methyl sites for hydroxylation is 1. The van der Waals surface area contributed by atoms with Crippen LogP contribution in [0, 0.1) is 12.3 Å². The van der Waals surface area contributed by atoms with Gasteiger partial charge in [-0.2, -0.15) is 11.8 Å². The molecule has 1 aromatic rings. The van der Waals surface area contributed by atoms with E-state index in [0.717, 1.165) is 30.2 Å². The third-order valence-corrected chi connectivity index (χ3v) is 3.64. The molecule has 3 heteroatoms. The van der Waals surface area contributed by atoms with Gasteiger partial charge < -0.3 is 10.2 Å². The number of rotatable bonds is 6. The van der Waals surface area contributed by atoms with Crippen LogP contribution < -0.4 is 5.73 Å². The van der Waals surface area contributed by atoms with Gasteiger partial charge in [0, 0.05) is 0 Å². The Morgan fingerprint density at radius 3 is 2.73 bits per heavy atom. The molecular weight excluding hydrogens is 206 g/mol. The summed E-state index contributed by atoms with van der Waals surface area (Å²) in [6.45, 7) is 7.27. The number of nitrogens with two attached hydrogens (primary N) is 1. The summed E-state index contributed by atoms with van der Waals surface area (Å²) in [7, 11) is 0. The number of furan rings is 1. The molecule has 0 saturated heterocycles. The van der Waals surface area contributed by atoms with Crippen LogP contribution in [0.5, 0.6) is 0 Å². The number of thioether (sulfide) groups is 1. The highest BCUT2D eigenvalue weighted by Crippen LogP contribution is 2.24. The van der Waals surface area contributed by atoms with Gasteiger partial charge in [0.05, 0.1) is 12.0 Å². The second kappa shape index (κ2) is 5.61. The minimum Gasteiger partial charge on any atom is -0.468 e. The lowest BCUT2D eigenvalue weighted by Crippen LogP contribution is -2.24. The van der Waals surface area contributed by atoms with E-state index in [2.05, 4.69) is 20.8 Å². The van der Waals surface area contributed by atoms with Crippen molar-refractivity contribution < 1.29 is 4.42 Å². The quantitative estimate of drug-likeness (QED) is 0.759. The maximum atomic E-state index is 5.68. The molecule has 0 fully saturated rings. The average Bonchev–Trinajstić information content (AvgIpc) is 2.59. The lowest BCUT2D eigenvalue weighted by molar-refractivity contribution is 0.368. The predicted molar refractivity (Wildman–Crippen MR) is 67.1 cm³/mol. The van der Waals surface area contributed by atoms with Crippen molar-refractivity contribution in [1.29, 1.82) is 0 Å². The summed E-state index contributed by atoms with van der Waals surface area (Å²) in [5.74, 6) is 3.22. The normalized spacial score (nSPS) is 12.0. The van der Waals surface area contributed by atoms with Crippen molar-refractivity contribution in [2.75, 3.05) is 12.3 Å². The molecule has 0 radical (unpaired) electrons. The first kappa shape index (κ1) is 12.7. The van der Waals surface area contributed by atoms with E-state index in [1.165, 1.54) is 5.56 Å². The van der Waals surface area contributed by atoms with Gasteiger partial charge in [-0.1, -0.05) is 13.8 Å². The molecule has 2 N–H and O–H groups in total. The van der Waals surface area contributed by atoms with Crippen LogP contribution in [-0.2, 0) is 5.75 Å². The summed E-state index contributed by atoms with van der Waals surface area (Å²) in [4.78, 5) is 0. The van der Waals surface area contributed by atoms with Gasteiger partial charge in [0.25, 0.3) is 0 Å². The zero-order chi connectivity index (χ0) is 11.3. The van der Waals surface area contributed by atoms with Crippen molar-refractivity contribution in [3.63, 3.8) is 0 Å². The van der Waals surface area contributed by atoms with E-state index in [-0.39, 0.29) is 5.41 Å². The van der Waals surface area contributed by atoms with Crippen molar-refractivity contribution in [1.82, 2.24) is 0 Å². The van der Waals surface area contributed by atoms with Crippen molar-refractivity contribution in [2.45, 2.75) is 32.9 Å². The van der Waals surface area contributed by atoms with Gasteiger partial charge in [0.15, 0.2) is 0 Å². The van der Waals surface area contributed by atoms with Gasteiger partial charge in [-0.25, -0.2) is 0 Å². The molecule has 15 heavy (non-hydrogen) atoms. The zero-order valence-electron chi connectivity index (χ0n) is 9.88. The monoisotopic (exact) mass is 227 g/mol. The van der Waals surface area contributed by atoms with Crippen LogP contribution in [0.25, 0.3) is 0 Å². The fourth-order valence-corrected chi connectivity index (χ4v) is 2.49. The highest BCUT2D eigenvalue weighted by atomic mass is 32.2. The molecule has 0 unspecified atom stereocenters. The Hall–Kier alpha value is -0.410. The van der Waals surface area contributed by atoms with E-state index in [0.29, 0.717) is 0 Å². The second-order valence-electron chi connectivity index (χ2n) is 4.70. The van der Waals surface area contributed by atoms with Crippen molar-refractivity contribution >= 4 is 11.8 Å². The van der Waals surface area contributed by atoms with Crippen molar-refractivity contribution in [3.05, 3.63) is 23.7 Å². The molecule has 1 rings (SSSR count). The smallest absolute Gasteiger partial charge is 0.116 e. The number of hydrogen-bond acceptors (Lipinski definition) is 3. The van der Waals surface area contributed by atoms with Gasteiger partial charge in [0.2, 0.25) is 0 Å². The molecule has 0 atom stereocenters. The standard InChI is InChI=1S/C12H21NOS/c1-10-4-6-14-11(10)8-15-7-5-12(2,3)9-13/h4,6H,5,7-9,13H2,1-3H3. The molecule has 0 bridgehead atoms. The van der Waals surface area contributed by atoms with E-state index in [4.69, 9.17) is 10.2 Å². The molecule has 0 aromatic carbocycles. The lowest BCUT2D eigenvalue weighted by Gasteiger charge is -2.21. The van der Waals surface area contributed by atoms with Gasteiger partial charge in [-0.15, -0.1) is 0 Å². The second-order valence-corrected chi connectivity index (χ2v) is 5.80. The van der Waals surface area contributed by atoms with Crippen LogP contribution in [0.1, 0.15) is 31.6 Å². The maximum Gasteiger partial charge on any atom is 0.116 e. The SMILES string of the molecule is Cc1ccoc1CSCCC(C)(C)CN. The van der Waals surface area contributed by atoms with E-state index < -0.39 is 0 Å².